The molecule has 1 unspecified atom stereocenters. The molecule has 0 radical (unpaired) electrons. The predicted molar refractivity (Wildman–Crippen MR) is 96.0 cm³/mol. The predicted octanol–water partition coefficient (Wildman–Crippen LogP) is 0.0746. The molecule has 8 nitrogen and oxygen atoms in total. The fraction of sp³-hybridized carbons (Fsp3) is 0.933. The third kappa shape index (κ3) is 4.72. The number of hydrogen-bond acceptors (Lipinski definition) is 5. The van der Waals surface area contributed by atoms with E-state index in [0.717, 1.165) is 12.8 Å². The van der Waals surface area contributed by atoms with E-state index in [0.29, 0.717) is 32.5 Å². The Labute approximate surface area is 151 Å². The second-order valence-electron chi connectivity index (χ2n) is 6.56. The van der Waals surface area contributed by atoms with E-state index in [1.807, 2.05) is 6.92 Å². The minimum absolute atomic E-state index is 0.0482. The number of nitrogens with zero attached hydrogens (tertiary/aromatic N) is 3. The van der Waals surface area contributed by atoms with Gasteiger partial charge in [-0.2, -0.15) is 8.61 Å². The third-order valence-electron chi connectivity index (χ3n) is 4.87. The van der Waals surface area contributed by atoms with Crippen LogP contribution in [0.1, 0.15) is 39.5 Å². The van der Waals surface area contributed by atoms with E-state index in [2.05, 4.69) is 0 Å². The first kappa shape index (κ1) is 20.6. The summed E-state index contributed by atoms with van der Waals surface area (Å²) in [6, 6.07) is -0.639. The van der Waals surface area contributed by atoms with Crippen LogP contribution >= 0.6 is 0 Å². The first-order chi connectivity index (χ1) is 11.7. The van der Waals surface area contributed by atoms with Crippen LogP contribution in [0, 0.1) is 0 Å². The number of sulfonamides is 2. The van der Waals surface area contributed by atoms with Gasteiger partial charge in [-0.15, -0.1) is 0 Å². The first-order valence-electron chi connectivity index (χ1n) is 8.99. The molecule has 146 valence electrons. The molecule has 0 bridgehead atoms. The average molecular weight is 396 g/mol. The normalized spacial score (nSPS) is 24.4. The quantitative estimate of drug-likeness (QED) is 0.634. The largest absolute Gasteiger partial charge is 0.339 e. The summed E-state index contributed by atoms with van der Waals surface area (Å²) < 4.78 is 51.6. The molecule has 2 fully saturated rings. The molecule has 2 aliphatic heterocycles. The molecule has 0 N–H and O–H groups in total. The molecule has 25 heavy (non-hydrogen) atoms. The molecule has 10 heteroatoms. The van der Waals surface area contributed by atoms with Gasteiger partial charge in [-0.25, -0.2) is 16.8 Å². The Morgan fingerprint density at radius 1 is 0.920 bits per heavy atom. The van der Waals surface area contributed by atoms with Crippen LogP contribution in [-0.2, 0) is 24.8 Å². The highest BCUT2D eigenvalue weighted by Gasteiger charge is 2.39. The van der Waals surface area contributed by atoms with Crippen LogP contribution in [0.2, 0.25) is 0 Å². The molecule has 0 spiro atoms. The number of carbonyl (C=O) groups excluding carboxylic acids is 1. The Morgan fingerprint density at radius 2 is 1.56 bits per heavy atom. The first-order valence-corrected chi connectivity index (χ1v) is 12.2. The van der Waals surface area contributed by atoms with Crippen molar-refractivity contribution in [3.63, 3.8) is 0 Å². The van der Waals surface area contributed by atoms with Gasteiger partial charge in [-0.3, -0.25) is 4.79 Å². The van der Waals surface area contributed by atoms with Gasteiger partial charge >= 0.3 is 0 Å². The molecule has 0 saturated carbocycles. The minimum atomic E-state index is -3.42. The van der Waals surface area contributed by atoms with E-state index in [1.54, 1.807) is 11.8 Å². The molecule has 2 rings (SSSR count). The summed E-state index contributed by atoms with van der Waals surface area (Å²) >= 11 is 0. The van der Waals surface area contributed by atoms with Gasteiger partial charge in [0, 0.05) is 32.7 Å². The maximum Gasteiger partial charge on any atom is 0.241 e. The summed E-state index contributed by atoms with van der Waals surface area (Å²) in [6.07, 6.45) is 2.66. The van der Waals surface area contributed by atoms with Gasteiger partial charge in [-0.1, -0.05) is 13.3 Å². The molecule has 2 saturated heterocycles. The Morgan fingerprint density at radius 3 is 2.12 bits per heavy atom. The fourth-order valence-electron chi connectivity index (χ4n) is 3.44. The zero-order valence-electron chi connectivity index (χ0n) is 15.1. The van der Waals surface area contributed by atoms with Crippen molar-refractivity contribution in [3.8, 4) is 0 Å². The van der Waals surface area contributed by atoms with E-state index in [4.69, 9.17) is 0 Å². The summed E-state index contributed by atoms with van der Waals surface area (Å²) in [5.41, 5.74) is 0. The van der Waals surface area contributed by atoms with Crippen molar-refractivity contribution in [2.24, 2.45) is 0 Å². The minimum Gasteiger partial charge on any atom is -0.339 e. The van der Waals surface area contributed by atoms with Crippen molar-refractivity contribution in [1.29, 1.82) is 0 Å². The molecule has 0 aromatic carbocycles. The molecule has 0 aromatic rings. The summed E-state index contributed by atoms with van der Waals surface area (Å²) in [5.74, 6) is -0.0840. The second-order valence-corrected chi connectivity index (χ2v) is 10.9. The van der Waals surface area contributed by atoms with E-state index in [-0.39, 0.29) is 30.5 Å². The Balaban J connectivity index is 2.06. The molecule has 0 aliphatic carbocycles. The van der Waals surface area contributed by atoms with Crippen LogP contribution in [0.5, 0.6) is 0 Å². The van der Waals surface area contributed by atoms with Gasteiger partial charge < -0.3 is 4.90 Å². The van der Waals surface area contributed by atoms with Crippen molar-refractivity contribution >= 4 is 26.0 Å². The number of rotatable bonds is 6. The monoisotopic (exact) mass is 395 g/mol. The van der Waals surface area contributed by atoms with Gasteiger partial charge in [-0.05, 0) is 26.2 Å². The number of amides is 1. The Kier molecular flexibility index (Phi) is 6.86. The van der Waals surface area contributed by atoms with Crippen molar-refractivity contribution in [3.05, 3.63) is 0 Å². The zero-order chi connectivity index (χ0) is 18.7. The third-order valence-corrected chi connectivity index (χ3v) is 8.82. The maximum absolute atomic E-state index is 12.9. The number of hydrogen-bond donors (Lipinski definition) is 0. The molecule has 2 aliphatic rings. The lowest BCUT2D eigenvalue weighted by atomic mass is 10.0. The van der Waals surface area contributed by atoms with Crippen molar-refractivity contribution in [2.45, 2.75) is 45.6 Å². The number of piperazine rings is 1. The van der Waals surface area contributed by atoms with Crippen molar-refractivity contribution in [1.82, 2.24) is 13.5 Å². The Bertz CT molecular complexity index is 669. The highest BCUT2D eigenvalue weighted by molar-refractivity contribution is 7.89. The molecule has 1 atom stereocenters. The van der Waals surface area contributed by atoms with Gasteiger partial charge in [0.15, 0.2) is 0 Å². The van der Waals surface area contributed by atoms with Crippen LogP contribution in [0.25, 0.3) is 0 Å². The molecule has 2 heterocycles. The standard InChI is InChI=1S/C15H29N3O5S2/c1-3-13-25(22,23)18-8-6-5-7-14(18)15(19)16-9-11-17(12-10-16)24(20,21)4-2/h14H,3-13H2,1-2H3. The second kappa shape index (κ2) is 8.32. The lowest BCUT2D eigenvalue weighted by Gasteiger charge is -2.39. The summed E-state index contributed by atoms with van der Waals surface area (Å²) in [7, 11) is -6.67. The Hall–Kier alpha value is -0.710. The van der Waals surface area contributed by atoms with Crippen LogP contribution in [0.4, 0.5) is 0 Å². The molecular formula is C15H29N3O5S2. The van der Waals surface area contributed by atoms with Crippen molar-refractivity contribution < 1.29 is 21.6 Å². The molecular weight excluding hydrogens is 366 g/mol. The average Bonchev–Trinajstić information content (AvgIpc) is 2.61. The highest BCUT2D eigenvalue weighted by atomic mass is 32.2. The summed E-state index contributed by atoms with van der Waals surface area (Å²) in [6.45, 7) is 4.99. The van der Waals surface area contributed by atoms with E-state index < -0.39 is 26.1 Å². The number of carbonyl (C=O) groups is 1. The lowest BCUT2D eigenvalue weighted by Crippen LogP contribution is -2.58. The fourth-order valence-corrected chi connectivity index (χ4v) is 6.27. The van der Waals surface area contributed by atoms with Crippen LogP contribution < -0.4 is 0 Å². The van der Waals surface area contributed by atoms with Gasteiger partial charge in [0.1, 0.15) is 6.04 Å². The topological polar surface area (TPSA) is 95.1 Å². The van der Waals surface area contributed by atoms with Gasteiger partial charge in [0.05, 0.1) is 11.5 Å². The SMILES string of the molecule is CCCS(=O)(=O)N1CCCCC1C(=O)N1CCN(S(=O)(=O)CC)CC1. The van der Waals surface area contributed by atoms with Gasteiger partial charge in [0.25, 0.3) is 0 Å². The van der Waals surface area contributed by atoms with E-state index in [9.17, 15) is 21.6 Å². The van der Waals surface area contributed by atoms with Crippen molar-refractivity contribution in [2.75, 3.05) is 44.2 Å². The summed E-state index contributed by atoms with van der Waals surface area (Å²) in [5, 5.41) is 0. The van der Waals surface area contributed by atoms with Crippen LogP contribution in [0.3, 0.4) is 0 Å². The molecule has 0 aromatic heterocycles. The highest BCUT2D eigenvalue weighted by Crippen LogP contribution is 2.23. The lowest BCUT2D eigenvalue weighted by molar-refractivity contribution is -0.137. The van der Waals surface area contributed by atoms with E-state index >= 15 is 0 Å². The summed E-state index contributed by atoms with van der Waals surface area (Å²) in [4.78, 5) is 14.5. The smallest absolute Gasteiger partial charge is 0.241 e. The van der Waals surface area contributed by atoms with E-state index in [1.165, 1.54) is 8.61 Å². The molecule has 1 amide bonds. The van der Waals surface area contributed by atoms with Crippen LogP contribution in [-0.4, -0.2) is 86.5 Å². The number of piperidine rings is 1. The zero-order valence-corrected chi connectivity index (χ0v) is 16.7. The van der Waals surface area contributed by atoms with Gasteiger partial charge in [0.2, 0.25) is 26.0 Å². The van der Waals surface area contributed by atoms with Crippen LogP contribution in [0.15, 0.2) is 0 Å². The maximum atomic E-state index is 12.9.